The van der Waals surface area contributed by atoms with Gasteiger partial charge in [0.05, 0.1) is 23.9 Å². The lowest BCUT2D eigenvalue weighted by atomic mass is 10.0. The third-order valence-electron chi connectivity index (χ3n) is 8.96. The molecule has 1 aliphatic carbocycles. The van der Waals surface area contributed by atoms with Crippen LogP contribution in [-0.4, -0.2) is 65.0 Å². The van der Waals surface area contributed by atoms with Crippen molar-refractivity contribution >= 4 is 45.0 Å². The van der Waals surface area contributed by atoms with Gasteiger partial charge in [0.25, 0.3) is 11.1 Å². The summed E-state index contributed by atoms with van der Waals surface area (Å²) in [4.78, 5) is 52.4. The number of hydrogen-bond donors (Lipinski definition) is 3. The van der Waals surface area contributed by atoms with Gasteiger partial charge in [-0.1, -0.05) is 61.6 Å². The molecule has 2 saturated heterocycles. The summed E-state index contributed by atoms with van der Waals surface area (Å²) in [5.41, 5.74) is 2.80. The molecule has 1 aromatic heterocycles. The third kappa shape index (κ3) is 6.51. The molecular formula is C32H38FN5O5S. The Morgan fingerprint density at radius 3 is 2.66 bits per heavy atom. The van der Waals surface area contributed by atoms with E-state index in [1.54, 1.807) is 11.0 Å². The number of halogens is 1. The van der Waals surface area contributed by atoms with Crippen LogP contribution in [0.25, 0.3) is 10.2 Å². The minimum atomic E-state index is -1.07. The van der Waals surface area contributed by atoms with Crippen molar-refractivity contribution in [2.75, 3.05) is 19.0 Å². The number of carbonyl (C=O) groups excluding carboxylic acids is 3. The Balaban J connectivity index is 1.28. The molecule has 3 aliphatic rings. The van der Waals surface area contributed by atoms with Crippen LogP contribution in [0.4, 0.5) is 10.1 Å². The zero-order chi connectivity index (χ0) is 30.7. The SMILES string of the molecule is CONC(=O)[C@@]12C[C@H]1CCCCCCC[C@H](Nc1ccccc1)C(=O)N1C[C@H](Oc3nc4ccc(F)cc4s3)C[C@H]1C(=O)N2. The number of thiazole rings is 1. The molecule has 3 amide bonds. The van der Waals surface area contributed by atoms with Crippen molar-refractivity contribution in [1.29, 1.82) is 0 Å². The first-order valence-electron chi connectivity index (χ1n) is 15.4. The van der Waals surface area contributed by atoms with Crippen molar-refractivity contribution in [1.82, 2.24) is 20.7 Å². The van der Waals surface area contributed by atoms with E-state index >= 15 is 0 Å². The van der Waals surface area contributed by atoms with Crippen LogP contribution in [0, 0.1) is 11.7 Å². The molecule has 3 heterocycles. The van der Waals surface area contributed by atoms with Crippen molar-refractivity contribution in [3.63, 3.8) is 0 Å². The molecule has 0 radical (unpaired) electrons. The maximum atomic E-state index is 14.3. The average Bonchev–Trinajstić information content (AvgIpc) is 3.32. The molecule has 3 N–H and O–H groups in total. The minimum Gasteiger partial charge on any atom is -0.465 e. The van der Waals surface area contributed by atoms with Crippen LogP contribution in [0.1, 0.15) is 57.8 Å². The highest BCUT2D eigenvalue weighted by molar-refractivity contribution is 7.20. The number of para-hydroxylation sites is 1. The quantitative estimate of drug-likeness (QED) is 0.344. The number of hydrogen-bond acceptors (Lipinski definition) is 8. The van der Waals surface area contributed by atoms with Crippen molar-refractivity contribution in [2.45, 2.75) is 81.5 Å². The highest BCUT2D eigenvalue weighted by Crippen LogP contribution is 2.47. The maximum absolute atomic E-state index is 14.3. The predicted molar refractivity (Wildman–Crippen MR) is 164 cm³/mol. The van der Waals surface area contributed by atoms with Crippen LogP contribution < -0.4 is 20.9 Å². The zero-order valence-corrected chi connectivity index (χ0v) is 25.5. The zero-order valence-electron chi connectivity index (χ0n) is 24.7. The molecule has 0 spiro atoms. The Bertz CT molecular complexity index is 1500. The summed E-state index contributed by atoms with van der Waals surface area (Å²) in [5.74, 6) is -1.32. The second-order valence-electron chi connectivity index (χ2n) is 12.0. The Hall–Kier alpha value is -3.77. The number of carbonyl (C=O) groups is 3. The van der Waals surface area contributed by atoms with Crippen LogP contribution in [0.15, 0.2) is 48.5 Å². The van der Waals surface area contributed by atoms with Gasteiger partial charge < -0.3 is 20.3 Å². The fourth-order valence-electron chi connectivity index (χ4n) is 6.56. The topological polar surface area (TPSA) is 122 Å². The van der Waals surface area contributed by atoms with E-state index in [-0.39, 0.29) is 36.5 Å². The summed E-state index contributed by atoms with van der Waals surface area (Å²) in [6.45, 7) is 0.175. The molecule has 0 bridgehead atoms. The van der Waals surface area contributed by atoms with E-state index in [0.717, 1.165) is 44.2 Å². The molecule has 1 saturated carbocycles. The normalized spacial score (nSPS) is 27.8. The lowest BCUT2D eigenvalue weighted by molar-refractivity contribution is -0.142. The first-order chi connectivity index (χ1) is 21.4. The van der Waals surface area contributed by atoms with Gasteiger partial charge in [-0.2, -0.15) is 0 Å². The molecular weight excluding hydrogens is 585 g/mol. The molecule has 234 valence electrons. The number of ether oxygens (including phenoxy) is 1. The number of amides is 3. The molecule has 2 aromatic carbocycles. The summed E-state index contributed by atoms with van der Waals surface area (Å²) < 4.78 is 20.7. The number of fused-ring (bicyclic) bond motifs is 3. The van der Waals surface area contributed by atoms with Crippen molar-refractivity contribution < 1.29 is 28.3 Å². The maximum Gasteiger partial charge on any atom is 0.274 e. The first kappa shape index (κ1) is 30.3. The molecule has 44 heavy (non-hydrogen) atoms. The monoisotopic (exact) mass is 623 g/mol. The molecule has 3 fully saturated rings. The number of rotatable bonds is 6. The van der Waals surface area contributed by atoms with Crippen LogP contribution in [0.5, 0.6) is 5.19 Å². The number of aromatic nitrogens is 1. The molecule has 6 rings (SSSR count). The minimum absolute atomic E-state index is 0.0000284. The Labute approximate surface area is 259 Å². The molecule has 0 unspecified atom stereocenters. The number of benzene rings is 2. The fourth-order valence-corrected chi connectivity index (χ4v) is 7.47. The smallest absolute Gasteiger partial charge is 0.274 e. The lowest BCUT2D eigenvalue weighted by Crippen LogP contribution is -2.57. The highest BCUT2D eigenvalue weighted by Gasteiger charge is 2.61. The number of hydroxylamine groups is 1. The van der Waals surface area contributed by atoms with E-state index in [2.05, 4.69) is 21.1 Å². The van der Waals surface area contributed by atoms with E-state index in [4.69, 9.17) is 9.57 Å². The highest BCUT2D eigenvalue weighted by atomic mass is 32.1. The van der Waals surface area contributed by atoms with E-state index in [1.165, 1.54) is 30.6 Å². The van der Waals surface area contributed by atoms with Crippen LogP contribution in [-0.2, 0) is 19.2 Å². The molecule has 5 atom stereocenters. The standard InChI is InChI=1S/C32H38FN5O5S/c1-42-37-30(41)32-18-20(32)10-6-3-2-4-9-13-25(34-22-11-7-5-8-12-22)29(40)38-19-23(17-26(38)28(39)36-32)43-31-35-24-15-14-21(33)16-27(24)44-31/h5,7-8,11-12,14-16,20,23,25-26,34H,2-4,6,9-10,13,17-19H2,1H3,(H,36,39)(H,37,41)/t20-,23-,25+,26+,32-/m1/s1. The van der Waals surface area contributed by atoms with Crippen LogP contribution >= 0.6 is 11.3 Å². The van der Waals surface area contributed by atoms with Gasteiger partial charge in [-0.05, 0) is 55.5 Å². The predicted octanol–water partition coefficient (Wildman–Crippen LogP) is 4.56. The average molecular weight is 624 g/mol. The number of anilines is 1. The first-order valence-corrected chi connectivity index (χ1v) is 16.2. The summed E-state index contributed by atoms with van der Waals surface area (Å²) in [6, 6.07) is 12.6. The summed E-state index contributed by atoms with van der Waals surface area (Å²) in [6.07, 6.45) is 6.57. The molecule has 12 heteroatoms. The third-order valence-corrected chi connectivity index (χ3v) is 9.87. The fraction of sp³-hybridized carbons (Fsp3) is 0.500. The summed E-state index contributed by atoms with van der Waals surface area (Å²) in [7, 11) is 1.37. The van der Waals surface area contributed by atoms with Crippen LogP contribution in [0.3, 0.4) is 0 Å². The summed E-state index contributed by atoms with van der Waals surface area (Å²) in [5, 5.41) is 6.79. The summed E-state index contributed by atoms with van der Waals surface area (Å²) >= 11 is 1.22. The largest absolute Gasteiger partial charge is 0.465 e. The van der Waals surface area contributed by atoms with E-state index < -0.39 is 29.6 Å². The molecule has 3 aromatic rings. The number of nitrogens with one attached hydrogen (secondary N) is 3. The van der Waals surface area contributed by atoms with Gasteiger partial charge in [-0.25, -0.2) is 14.9 Å². The van der Waals surface area contributed by atoms with Gasteiger partial charge >= 0.3 is 0 Å². The van der Waals surface area contributed by atoms with Gasteiger partial charge in [0.1, 0.15) is 29.5 Å². The van der Waals surface area contributed by atoms with Crippen LogP contribution in [0.2, 0.25) is 0 Å². The number of nitrogens with zero attached hydrogens (tertiary/aromatic N) is 2. The Morgan fingerprint density at radius 2 is 1.86 bits per heavy atom. The van der Waals surface area contributed by atoms with Gasteiger partial charge in [-0.15, -0.1) is 0 Å². The molecule has 2 aliphatic heterocycles. The van der Waals surface area contributed by atoms with E-state index in [0.29, 0.717) is 28.3 Å². The second kappa shape index (κ2) is 13.1. The Kier molecular flexibility index (Phi) is 8.99. The van der Waals surface area contributed by atoms with E-state index in [9.17, 15) is 18.8 Å². The van der Waals surface area contributed by atoms with Gasteiger partial charge in [0.2, 0.25) is 11.8 Å². The lowest BCUT2D eigenvalue weighted by Gasteiger charge is -2.30. The van der Waals surface area contributed by atoms with Gasteiger partial charge in [-0.3, -0.25) is 19.2 Å². The molecule has 10 nitrogen and oxygen atoms in total. The van der Waals surface area contributed by atoms with Crippen molar-refractivity contribution in [3.05, 3.63) is 54.3 Å². The Morgan fingerprint density at radius 1 is 1.09 bits per heavy atom. The van der Waals surface area contributed by atoms with Crippen molar-refractivity contribution in [3.8, 4) is 5.19 Å². The second-order valence-corrected chi connectivity index (χ2v) is 13.0. The van der Waals surface area contributed by atoms with Gasteiger partial charge in [0.15, 0.2) is 0 Å². The van der Waals surface area contributed by atoms with Crippen molar-refractivity contribution in [2.24, 2.45) is 5.92 Å². The van der Waals surface area contributed by atoms with E-state index in [1.807, 2.05) is 30.3 Å². The van der Waals surface area contributed by atoms with Gasteiger partial charge in [0, 0.05) is 12.1 Å².